The van der Waals surface area contributed by atoms with Gasteiger partial charge in [-0.15, -0.1) is 0 Å². The van der Waals surface area contributed by atoms with Gasteiger partial charge in [-0.25, -0.2) is 4.40 Å². The van der Waals surface area contributed by atoms with Crippen LogP contribution in [0.5, 0.6) is 5.75 Å². The molecule has 2 aromatic rings. The first-order valence-electron chi connectivity index (χ1n) is 6.92. The van der Waals surface area contributed by atoms with E-state index in [1.165, 1.54) is 11.9 Å². The van der Waals surface area contributed by atoms with Gasteiger partial charge >= 0.3 is 0 Å². The molecular weight excluding hydrogens is 297 g/mol. The molecule has 0 aliphatic heterocycles. The molecule has 112 valence electrons. The lowest BCUT2D eigenvalue weighted by Gasteiger charge is -2.07. The number of hydrogen-bond acceptors (Lipinski definition) is 3. The molecule has 0 fully saturated rings. The summed E-state index contributed by atoms with van der Waals surface area (Å²) in [6.45, 7) is 11.9. The SMILES string of the molecule is C=C(Pc1cc2ccccc2cc1O)SN=C(C)C.CC. The van der Waals surface area contributed by atoms with Gasteiger partial charge in [-0.3, -0.25) is 0 Å². The Hall–Kier alpha value is -1.31. The molecule has 0 bridgehead atoms. The van der Waals surface area contributed by atoms with Crippen LogP contribution in [0.4, 0.5) is 0 Å². The fourth-order valence-corrected chi connectivity index (χ4v) is 3.32. The van der Waals surface area contributed by atoms with Gasteiger partial charge in [0.1, 0.15) is 5.75 Å². The Labute approximate surface area is 133 Å². The monoisotopic (exact) mass is 319 g/mol. The first-order chi connectivity index (χ1) is 10.1. The van der Waals surface area contributed by atoms with Crippen LogP contribution in [-0.4, -0.2) is 10.8 Å². The highest BCUT2D eigenvalue weighted by molar-refractivity contribution is 8.08. The van der Waals surface area contributed by atoms with Crippen molar-refractivity contribution < 1.29 is 5.11 Å². The molecule has 2 rings (SSSR count). The maximum atomic E-state index is 10.1. The number of aromatic hydroxyl groups is 1. The standard InChI is InChI=1S/C15H16NOPS.C2H6/c1-10(2)16-19-11(3)18-15-9-13-7-5-4-6-12(13)8-14(15)17;1-2/h4-9,17-18H,3H2,1-2H3;1-2H3. The Morgan fingerprint density at radius 3 is 2.29 bits per heavy atom. The van der Waals surface area contributed by atoms with Gasteiger partial charge in [0.05, 0.1) is 0 Å². The van der Waals surface area contributed by atoms with Crippen molar-refractivity contribution in [3.8, 4) is 5.75 Å². The minimum Gasteiger partial charge on any atom is -0.507 e. The van der Waals surface area contributed by atoms with E-state index in [-0.39, 0.29) is 0 Å². The van der Waals surface area contributed by atoms with Crippen LogP contribution in [-0.2, 0) is 0 Å². The number of nitrogens with zero attached hydrogens (tertiary/aromatic N) is 1. The average molecular weight is 319 g/mol. The molecule has 1 N–H and O–H groups in total. The normalized spacial score (nSPS) is 10.3. The molecule has 21 heavy (non-hydrogen) atoms. The summed E-state index contributed by atoms with van der Waals surface area (Å²) in [6, 6.07) is 11.8. The molecule has 0 radical (unpaired) electrons. The molecule has 0 amide bonds. The third kappa shape index (κ3) is 5.53. The smallest absolute Gasteiger partial charge is 0.123 e. The van der Waals surface area contributed by atoms with E-state index >= 15 is 0 Å². The van der Waals surface area contributed by atoms with E-state index in [1.54, 1.807) is 0 Å². The zero-order valence-corrected chi connectivity index (χ0v) is 14.8. The van der Waals surface area contributed by atoms with Gasteiger partial charge in [0.2, 0.25) is 0 Å². The summed E-state index contributed by atoms with van der Waals surface area (Å²) in [7, 11) is 0.351. The largest absolute Gasteiger partial charge is 0.507 e. The molecule has 0 heterocycles. The van der Waals surface area contributed by atoms with Gasteiger partial charge in [0.15, 0.2) is 0 Å². The number of phenols is 1. The molecule has 0 aromatic heterocycles. The summed E-state index contributed by atoms with van der Waals surface area (Å²) < 4.78 is 5.22. The Morgan fingerprint density at radius 2 is 1.71 bits per heavy atom. The summed E-state index contributed by atoms with van der Waals surface area (Å²) in [5.74, 6) is 0.330. The second-order valence-corrected chi connectivity index (χ2v) is 7.01. The van der Waals surface area contributed by atoms with Crippen molar-refractivity contribution >= 4 is 42.3 Å². The van der Waals surface area contributed by atoms with Crippen LogP contribution < -0.4 is 5.30 Å². The molecule has 0 saturated heterocycles. The van der Waals surface area contributed by atoms with Gasteiger partial charge in [-0.05, 0) is 45.3 Å². The third-order valence-corrected chi connectivity index (χ3v) is 4.68. The highest BCUT2D eigenvalue weighted by atomic mass is 32.2. The summed E-state index contributed by atoms with van der Waals surface area (Å²) in [4.78, 5) is 0. The summed E-state index contributed by atoms with van der Waals surface area (Å²) in [5, 5.41) is 13.2. The molecular formula is C17H22NOPS. The Morgan fingerprint density at radius 1 is 1.14 bits per heavy atom. The van der Waals surface area contributed by atoms with E-state index in [1.807, 2.05) is 64.1 Å². The minimum atomic E-state index is 0.330. The molecule has 0 saturated carbocycles. The van der Waals surface area contributed by atoms with E-state index in [0.29, 0.717) is 14.3 Å². The predicted octanol–water partition coefficient (Wildman–Crippen LogP) is 5.48. The van der Waals surface area contributed by atoms with Gasteiger partial charge in [-0.2, -0.15) is 0 Å². The van der Waals surface area contributed by atoms with Crippen LogP contribution in [0.25, 0.3) is 10.8 Å². The van der Waals surface area contributed by atoms with Crippen LogP contribution in [0.1, 0.15) is 27.7 Å². The van der Waals surface area contributed by atoms with Gasteiger partial charge in [0.25, 0.3) is 0 Å². The van der Waals surface area contributed by atoms with Crippen LogP contribution in [0, 0.1) is 0 Å². The van der Waals surface area contributed by atoms with Gasteiger partial charge in [0, 0.05) is 27.6 Å². The number of hydrogen-bond donors (Lipinski definition) is 1. The summed E-state index contributed by atoms with van der Waals surface area (Å²) >= 11 is 1.39. The highest BCUT2D eigenvalue weighted by Crippen LogP contribution is 2.36. The van der Waals surface area contributed by atoms with Crippen LogP contribution in [0.3, 0.4) is 0 Å². The van der Waals surface area contributed by atoms with Crippen molar-refractivity contribution in [3.63, 3.8) is 0 Å². The molecule has 2 nitrogen and oxygen atoms in total. The molecule has 2 aromatic carbocycles. The highest BCUT2D eigenvalue weighted by Gasteiger charge is 2.06. The molecule has 1 unspecified atom stereocenters. The fourth-order valence-electron chi connectivity index (χ4n) is 1.65. The fraction of sp³-hybridized carbons (Fsp3) is 0.235. The number of rotatable bonds is 4. The Bertz CT molecular complexity index is 648. The van der Waals surface area contributed by atoms with Gasteiger partial charge in [-0.1, -0.05) is 44.7 Å². The van der Waals surface area contributed by atoms with Crippen molar-refractivity contribution in [2.45, 2.75) is 27.7 Å². The lowest BCUT2D eigenvalue weighted by Crippen LogP contribution is -1.95. The van der Waals surface area contributed by atoms with E-state index in [9.17, 15) is 5.11 Å². The second-order valence-electron chi connectivity index (χ2n) is 4.39. The zero-order chi connectivity index (χ0) is 15.8. The maximum absolute atomic E-state index is 10.1. The second kappa shape index (κ2) is 8.86. The molecule has 4 heteroatoms. The zero-order valence-electron chi connectivity index (χ0n) is 13.0. The van der Waals surface area contributed by atoms with Crippen LogP contribution in [0.15, 0.2) is 52.0 Å². The summed E-state index contributed by atoms with van der Waals surface area (Å²) in [5.41, 5.74) is 1.01. The van der Waals surface area contributed by atoms with E-state index in [0.717, 1.165) is 26.4 Å². The number of fused-ring (bicyclic) bond motifs is 1. The number of benzene rings is 2. The van der Waals surface area contributed by atoms with Crippen molar-refractivity contribution in [3.05, 3.63) is 47.6 Å². The maximum Gasteiger partial charge on any atom is 0.123 e. The van der Waals surface area contributed by atoms with Crippen molar-refractivity contribution in [2.75, 3.05) is 0 Å². The van der Waals surface area contributed by atoms with Crippen LogP contribution in [0.2, 0.25) is 0 Å². The lowest BCUT2D eigenvalue weighted by atomic mass is 10.1. The number of phenolic OH excluding ortho intramolecular Hbond substituents is 1. The Balaban J connectivity index is 0.00000106. The van der Waals surface area contributed by atoms with Gasteiger partial charge < -0.3 is 5.11 Å². The van der Waals surface area contributed by atoms with Crippen molar-refractivity contribution in [1.82, 2.24) is 0 Å². The predicted molar refractivity (Wildman–Crippen MR) is 100 cm³/mol. The average Bonchev–Trinajstić information content (AvgIpc) is 2.48. The van der Waals surface area contributed by atoms with E-state index in [2.05, 4.69) is 11.0 Å². The lowest BCUT2D eigenvalue weighted by molar-refractivity contribution is 0.480. The van der Waals surface area contributed by atoms with Crippen molar-refractivity contribution in [1.29, 1.82) is 0 Å². The third-order valence-electron chi connectivity index (χ3n) is 2.48. The first-order valence-corrected chi connectivity index (χ1v) is 8.69. The van der Waals surface area contributed by atoms with Crippen molar-refractivity contribution in [2.24, 2.45) is 4.40 Å². The Kier molecular flexibility index (Phi) is 7.49. The van der Waals surface area contributed by atoms with E-state index in [4.69, 9.17) is 0 Å². The quantitative estimate of drug-likeness (QED) is 0.460. The topological polar surface area (TPSA) is 32.6 Å². The molecule has 0 aliphatic rings. The molecule has 0 spiro atoms. The molecule has 0 aliphatic carbocycles. The first kappa shape index (κ1) is 17.7. The van der Waals surface area contributed by atoms with Crippen LogP contribution >= 0.6 is 20.5 Å². The van der Waals surface area contributed by atoms with E-state index < -0.39 is 0 Å². The minimum absolute atomic E-state index is 0.330. The molecule has 1 atom stereocenters. The summed E-state index contributed by atoms with van der Waals surface area (Å²) in [6.07, 6.45) is 0.